The molecular weight excluding hydrogens is 391 g/mol. The minimum absolute atomic E-state index is 0.110. The first-order valence-corrected chi connectivity index (χ1v) is 8.36. The number of ether oxygens (including phenoxy) is 2. The van der Waals surface area contributed by atoms with Crippen molar-refractivity contribution in [3.63, 3.8) is 0 Å². The highest BCUT2D eigenvalue weighted by Gasteiger charge is 2.69. The summed E-state index contributed by atoms with van der Waals surface area (Å²) in [7, 11) is 1.44. The minimum Gasteiger partial charge on any atom is -0.497 e. The number of nitrogens with zero attached hydrogens (tertiary/aromatic N) is 2. The molecule has 8 nitrogen and oxygen atoms in total. The summed E-state index contributed by atoms with van der Waals surface area (Å²) in [4.78, 5) is 12.8. The number of aromatic nitrogens is 2. The lowest BCUT2D eigenvalue weighted by molar-refractivity contribution is -0.200. The number of fused-ring (bicyclic) bond motifs is 1. The number of benzene rings is 1. The Bertz CT molecular complexity index is 1020. The third-order valence-electron chi connectivity index (χ3n) is 4.54. The van der Waals surface area contributed by atoms with Gasteiger partial charge in [-0.1, -0.05) is 0 Å². The van der Waals surface area contributed by atoms with Crippen LogP contribution in [0.1, 0.15) is 12.5 Å². The second-order valence-corrected chi connectivity index (χ2v) is 6.04. The number of nitrogens with two attached hydrogens (primary N) is 1. The highest BCUT2D eigenvalue weighted by atomic mass is 19.4. The van der Waals surface area contributed by atoms with E-state index in [1.165, 1.54) is 44.4 Å². The van der Waals surface area contributed by atoms with Crippen LogP contribution in [0.2, 0.25) is 0 Å². The number of nitrogens with one attached hydrogen (secondary N) is 2. The lowest BCUT2D eigenvalue weighted by atomic mass is 9.71. The van der Waals surface area contributed by atoms with Gasteiger partial charge >= 0.3 is 12.1 Å². The molecule has 1 aliphatic rings. The van der Waals surface area contributed by atoms with Gasteiger partial charge in [-0.25, -0.2) is 0 Å². The molecule has 0 fully saturated rings. The monoisotopic (exact) mass is 407 g/mol. The smallest absolute Gasteiger partial charge is 0.414 e. The molecule has 1 atom stereocenters. The number of rotatable bonds is 4. The van der Waals surface area contributed by atoms with Crippen molar-refractivity contribution < 1.29 is 27.4 Å². The molecule has 0 unspecified atom stereocenters. The molecule has 1 aromatic heterocycles. The third-order valence-corrected chi connectivity index (χ3v) is 4.54. The number of aromatic amines is 1. The Morgan fingerprint density at radius 3 is 2.52 bits per heavy atom. The maximum Gasteiger partial charge on any atom is 0.414 e. The number of methoxy groups -OCH3 is 1. The first-order chi connectivity index (χ1) is 13.7. The van der Waals surface area contributed by atoms with Crippen LogP contribution in [0.3, 0.4) is 0 Å². The van der Waals surface area contributed by atoms with Crippen LogP contribution in [0, 0.1) is 11.3 Å². The highest BCUT2D eigenvalue weighted by Crippen LogP contribution is 2.54. The van der Waals surface area contributed by atoms with E-state index in [-0.39, 0.29) is 23.7 Å². The molecule has 1 aromatic carbocycles. The summed E-state index contributed by atoms with van der Waals surface area (Å²) in [6, 6.07) is 7.48. The molecule has 29 heavy (non-hydrogen) atoms. The molecule has 0 bridgehead atoms. The summed E-state index contributed by atoms with van der Waals surface area (Å²) in [6.07, 6.45) is -5.24. The van der Waals surface area contributed by atoms with Crippen LogP contribution >= 0.6 is 0 Å². The van der Waals surface area contributed by atoms with Crippen LogP contribution in [0.15, 0.2) is 35.7 Å². The van der Waals surface area contributed by atoms with E-state index in [1.807, 2.05) is 0 Å². The Kier molecular flexibility index (Phi) is 4.88. The molecule has 152 valence electrons. The molecule has 0 saturated heterocycles. The summed E-state index contributed by atoms with van der Waals surface area (Å²) in [5.41, 5.74) is 0.812. The molecule has 0 radical (unpaired) electrons. The third kappa shape index (κ3) is 2.84. The zero-order chi connectivity index (χ0) is 21.4. The van der Waals surface area contributed by atoms with Gasteiger partial charge in [-0.2, -0.15) is 23.5 Å². The molecule has 2 aromatic rings. The number of carbonyl (C=O) groups is 1. The van der Waals surface area contributed by atoms with Gasteiger partial charge in [0.05, 0.1) is 25.0 Å². The SMILES string of the molecule is CCOC(=O)[C@@]1(C(F)(F)F)C(C#N)=C(N)Nc2n[nH]c(-c3ccc(OC)cc3)c21. The molecule has 11 heteroatoms. The van der Waals surface area contributed by atoms with Crippen molar-refractivity contribution in [1.82, 2.24) is 10.2 Å². The van der Waals surface area contributed by atoms with Crippen molar-refractivity contribution in [2.24, 2.45) is 5.73 Å². The maximum atomic E-state index is 14.5. The Hall–Kier alpha value is -3.68. The average Bonchev–Trinajstić information content (AvgIpc) is 3.09. The van der Waals surface area contributed by atoms with E-state index in [9.17, 15) is 23.2 Å². The number of anilines is 1. The minimum atomic E-state index is -5.24. The Morgan fingerprint density at radius 1 is 1.34 bits per heavy atom. The number of nitriles is 1. The number of hydrogen-bond acceptors (Lipinski definition) is 7. The zero-order valence-corrected chi connectivity index (χ0v) is 15.3. The van der Waals surface area contributed by atoms with Crippen molar-refractivity contribution in [3.05, 3.63) is 41.2 Å². The van der Waals surface area contributed by atoms with Gasteiger partial charge in [-0.15, -0.1) is 0 Å². The van der Waals surface area contributed by atoms with Gasteiger partial charge in [-0.3, -0.25) is 9.89 Å². The number of alkyl halides is 3. The first kappa shape index (κ1) is 20.1. The van der Waals surface area contributed by atoms with E-state index < -0.39 is 34.5 Å². The van der Waals surface area contributed by atoms with Crippen molar-refractivity contribution in [2.45, 2.75) is 18.5 Å². The van der Waals surface area contributed by atoms with Crippen LogP contribution in [0.4, 0.5) is 19.0 Å². The van der Waals surface area contributed by atoms with Gasteiger partial charge in [0.2, 0.25) is 5.41 Å². The molecule has 0 amide bonds. The topological polar surface area (TPSA) is 126 Å². The first-order valence-electron chi connectivity index (χ1n) is 8.36. The average molecular weight is 407 g/mol. The quantitative estimate of drug-likeness (QED) is 0.665. The summed E-state index contributed by atoms with van der Waals surface area (Å²) >= 11 is 0. The van der Waals surface area contributed by atoms with Gasteiger partial charge in [-0.05, 0) is 31.2 Å². The van der Waals surface area contributed by atoms with E-state index in [4.69, 9.17) is 15.2 Å². The van der Waals surface area contributed by atoms with E-state index in [1.54, 1.807) is 0 Å². The van der Waals surface area contributed by atoms with Crippen molar-refractivity contribution in [2.75, 3.05) is 19.0 Å². The van der Waals surface area contributed by atoms with E-state index in [0.717, 1.165) is 0 Å². The number of H-pyrrole nitrogens is 1. The molecular formula is C18H16F3N5O3. The fourth-order valence-electron chi connectivity index (χ4n) is 3.27. The number of esters is 1. The predicted molar refractivity (Wildman–Crippen MR) is 95.4 cm³/mol. The van der Waals surface area contributed by atoms with Gasteiger partial charge in [0.15, 0.2) is 5.82 Å². The lowest BCUT2D eigenvalue weighted by Gasteiger charge is -2.36. The summed E-state index contributed by atoms with van der Waals surface area (Å²) in [5, 5.41) is 18.3. The second-order valence-electron chi connectivity index (χ2n) is 6.04. The van der Waals surface area contributed by atoms with Crippen molar-refractivity contribution in [3.8, 4) is 23.1 Å². The van der Waals surface area contributed by atoms with Crippen LogP contribution in [-0.2, 0) is 14.9 Å². The fraction of sp³-hybridized carbons (Fsp3) is 0.278. The van der Waals surface area contributed by atoms with Crippen molar-refractivity contribution in [1.29, 1.82) is 5.26 Å². The Morgan fingerprint density at radius 2 is 2.00 bits per heavy atom. The second kappa shape index (κ2) is 7.05. The predicted octanol–water partition coefficient (Wildman–Crippen LogP) is 2.57. The molecule has 0 saturated carbocycles. The summed E-state index contributed by atoms with van der Waals surface area (Å²) < 4.78 is 53.4. The molecule has 4 N–H and O–H groups in total. The standard InChI is InChI=1S/C18H16F3N5O3/c1-3-29-16(27)17(18(19,20)21)11(8-22)14(23)24-15-12(17)13(25-26-15)9-4-6-10(28-2)7-5-9/h4-7H,3,23H2,1-2H3,(H2,24,25,26)/t17-/m1/s1. The summed E-state index contributed by atoms with van der Waals surface area (Å²) in [6.45, 7) is 1.04. The summed E-state index contributed by atoms with van der Waals surface area (Å²) in [5.74, 6) is -2.13. The maximum absolute atomic E-state index is 14.5. The van der Waals surface area contributed by atoms with Gasteiger partial charge in [0.25, 0.3) is 0 Å². The van der Waals surface area contributed by atoms with Gasteiger partial charge < -0.3 is 20.5 Å². The van der Waals surface area contributed by atoms with Crippen LogP contribution in [-0.4, -0.2) is 36.1 Å². The van der Waals surface area contributed by atoms with E-state index >= 15 is 0 Å². The number of carbonyl (C=O) groups excluding carboxylic acids is 1. The van der Waals surface area contributed by atoms with Crippen LogP contribution < -0.4 is 15.8 Å². The molecule has 0 aliphatic carbocycles. The van der Waals surface area contributed by atoms with E-state index in [0.29, 0.717) is 5.75 Å². The Balaban J connectivity index is 2.38. The zero-order valence-electron chi connectivity index (χ0n) is 15.3. The van der Waals surface area contributed by atoms with Gasteiger partial charge in [0.1, 0.15) is 23.2 Å². The van der Waals surface area contributed by atoms with Gasteiger partial charge in [0, 0.05) is 5.56 Å². The molecule has 2 heterocycles. The number of halogens is 3. The molecule has 1 aliphatic heterocycles. The van der Waals surface area contributed by atoms with Crippen LogP contribution in [0.5, 0.6) is 5.75 Å². The lowest BCUT2D eigenvalue weighted by Crippen LogP contribution is -2.54. The number of hydrogen-bond donors (Lipinski definition) is 3. The fourth-order valence-corrected chi connectivity index (χ4v) is 3.27. The molecule has 0 spiro atoms. The van der Waals surface area contributed by atoms with Crippen molar-refractivity contribution >= 4 is 11.8 Å². The normalized spacial score (nSPS) is 18.5. The molecule has 3 rings (SSSR count). The van der Waals surface area contributed by atoms with E-state index in [2.05, 4.69) is 15.5 Å². The van der Waals surface area contributed by atoms with Crippen LogP contribution in [0.25, 0.3) is 11.3 Å². The Labute approximate surface area is 163 Å². The highest BCUT2D eigenvalue weighted by molar-refractivity contribution is 5.96. The largest absolute Gasteiger partial charge is 0.497 e.